The molecule has 1 fully saturated rings. The lowest BCUT2D eigenvalue weighted by molar-refractivity contribution is -0.231. The predicted molar refractivity (Wildman–Crippen MR) is 191 cm³/mol. The number of H-pyrrole nitrogens is 1. The first-order chi connectivity index (χ1) is 25.0. The maximum Gasteiger partial charge on any atom is 0.330 e. The molecule has 0 saturated carbocycles. The van der Waals surface area contributed by atoms with Gasteiger partial charge in [-0.05, 0) is 12.8 Å². The Labute approximate surface area is 307 Å². The van der Waals surface area contributed by atoms with Crippen molar-refractivity contribution in [2.75, 3.05) is 19.8 Å². The summed E-state index contributed by atoms with van der Waals surface area (Å²) in [5, 5.41) is 20.8. The predicted octanol–water partition coefficient (Wildman–Crippen LogP) is 4.95. The van der Waals surface area contributed by atoms with Gasteiger partial charge in [0.15, 0.2) is 12.3 Å². The molecule has 6 atom stereocenters. The van der Waals surface area contributed by atoms with Gasteiger partial charge in [-0.2, -0.15) is 0 Å². The third-order valence-corrected chi connectivity index (χ3v) is 9.91. The lowest BCUT2D eigenvalue weighted by atomic mass is 10.1. The lowest BCUT2D eigenvalue weighted by Gasteiger charge is -2.27. The van der Waals surface area contributed by atoms with Crippen molar-refractivity contribution in [1.82, 2.24) is 9.55 Å². The molecule has 16 heteroatoms. The number of nitrogens with one attached hydrogen (secondary N) is 1. The number of unbranched alkanes of at least 4 members (excludes halogenated alkanes) is 16. The number of esters is 2. The molecule has 1 aliphatic rings. The number of aromatic nitrogens is 2. The average molecular weight is 762 g/mol. The van der Waals surface area contributed by atoms with Crippen molar-refractivity contribution in [3.05, 3.63) is 33.1 Å². The minimum Gasteiger partial charge on any atom is -0.756 e. The molecule has 1 saturated heterocycles. The molecule has 2 rings (SSSR count). The fraction of sp³-hybridized carbons (Fsp3) is 0.833. The molecule has 52 heavy (non-hydrogen) atoms. The number of ether oxygens (including phenoxy) is 3. The van der Waals surface area contributed by atoms with Crippen molar-refractivity contribution in [1.29, 1.82) is 0 Å². The van der Waals surface area contributed by atoms with Crippen molar-refractivity contribution in [3.8, 4) is 0 Å². The summed E-state index contributed by atoms with van der Waals surface area (Å²) in [4.78, 5) is 63.2. The minimum atomic E-state index is -5.10. The summed E-state index contributed by atoms with van der Waals surface area (Å²) in [7, 11) is -5.10. The van der Waals surface area contributed by atoms with Gasteiger partial charge in [0.1, 0.15) is 24.9 Å². The van der Waals surface area contributed by atoms with Crippen LogP contribution in [0.4, 0.5) is 0 Å². The van der Waals surface area contributed by atoms with Crippen LogP contribution in [0.3, 0.4) is 0 Å². The summed E-state index contributed by atoms with van der Waals surface area (Å²) >= 11 is 0. The number of phosphoric ester groups is 1. The molecule has 1 aliphatic heterocycles. The van der Waals surface area contributed by atoms with Gasteiger partial charge < -0.3 is 38.4 Å². The van der Waals surface area contributed by atoms with Crippen molar-refractivity contribution in [3.63, 3.8) is 0 Å². The highest BCUT2D eigenvalue weighted by Gasteiger charge is 2.44. The van der Waals surface area contributed by atoms with Crippen LogP contribution in [0.25, 0.3) is 0 Å². The van der Waals surface area contributed by atoms with Gasteiger partial charge >= 0.3 is 17.6 Å². The molecular formula is C36H62N2O13P-. The van der Waals surface area contributed by atoms with Crippen molar-refractivity contribution in [2.24, 2.45) is 0 Å². The SMILES string of the molecule is CCCCCCCCCCCC(=O)OC[C@@H](COP(=O)([O-])OC[C@H]1O[C@@H](n2ccc(=O)[nH]c2=O)C(O)[C@H]1O)OC(=O)CCCCCCCCCCC. The first-order valence-electron chi connectivity index (χ1n) is 19.3. The highest BCUT2D eigenvalue weighted by Crippen LogP contribution is 2.40. The molecule has 0 spiro atoms. The molecule has 2 unspecified atom stereocenters. The summed E-state index contributed by atoms with van der Waals surface area (Å²) in [5.41, 5.74) is -1.59. The monoisotopic (exact) mass is 761 g/mol. The van der Waals surface area contributed by atoms with Crippen LogP contribution < -0.4 is 16.1 Å². The van der Waals surface area contributed by atoms with E-state index in [-0.39, 0.29) is 12.8 Å². The topological polar surface area (TPSA) is 216 Å². The third kappa shape index (κ3) is 19.1. The summed E-state index contributed by atoms with van der Waals surface area (Å²) in [5.74, 6) is -1.07. The van der Waals surface area contributed by atoms with Gasteiger partial charge in [0.05, 0.1) is 13.2 Å². The molecule has 1 aromatic rings. The van der Waals surface area contributed by atoms with E-state index in [1.54, 1.807) is 0 Å². The van der Waals surface area contributed by atoms with Crippen molar-refractivity contribution < 1.29 is 52.5 Å². The minimum absolute atomic E-state index is 0.114. The van der Waals surface area contributed by atoms with Crippen LogP contribution in [0, 0.1) is 0 Å². The van der Waals surface area contributed by atoms with Gasteiger partial charge in [-0.15, -0.1) is 0 Å². The van der Waals surface area contributed by atoms with Gasteiger partial charge in [0.25, 0.3) is 13.4 Å². The number of carbonyl (C=O) groups is 2. The summed E-state index contributed by atoms with van der Waals surface area (Å²) < 4.78 is 39.6. The molecule has 0 aromatic carbocycles. The summed E-state index contributed by atoms with van der Waals surface area (Å²) in [6, 6.07) is 1.02. The molecule has 0 aliphatic carbocycles. The van der Waals surface area contributed by atoms with E-state index in [0.29, 0.717) is 12.8 Å². The second kappa shape index (κ2) is 26.4. The average Bonchev–Trinajstić information content (AvgIpc) is 3.39. The number of hydrogen-bond acceptors (Lipinski definition) is 13. The number of nitrogens with zero attached hydrogens (tertiary/aromatic N) is 1. The highest BCUT2D eigenvalue weighted by atomic mass is 31.2. The van der Waals surface area contributed by atoms with E-state index >= 15 is 0 Å². The zero-order valence-electron chi connectivity index (χ0n) is 31.1. The first-order valence-corrected chi connectivity index (χ1v) is 20.7. The van der Waals surface area contributed by atoms with Crippen LogP contribution in [0.5, 0.6) is 0 Å². The summed E-state index contributed by atoms with van der Waals surface area (Å²) in [6.45, 7) is 2.47. The highest BCUT2D eigenvalue weighted by molar-refractivity contribution is 7.45. The molecule has 1 aromatic heterocycles. The number of phosphoric acid groups is 1. The summed E-state index contributed by atoms with van der Waals surface area (Å²) in [6.07, 6.45) is 13.4. The van der Waals surface area contributed by atoms with E-state index in [2.05, 4.69) is 13.8 Å². The van der Waals surface area contributed by atoms with Gasteiger partial charge in [0, 0.05) is 25.1 Å². The zero-order valence-corrected chi connectivity index (χ0v) is 32.0. The largest absolute Gasteiger partial charge is 0.756 e. The number of hydrogen-bond donors (Lipinski definition) is 3. The van der Waals surface area contributed by atoms with Crippen molar-refractivity contribution in [2.45, 2.75) is 173 Å². The van der Waals surface area contributed by atoms with E-state index < -0.39 is 81.5 Å². The Morgan fingerprint density at radius 3 is 1.87 bits per heavy atom. The standard InChI is InChI=1S/C36H63N2O13P/c1-3-5-7-9-11-13-15-17-19-21-31(40)47-25-28(50-32(41)22-20-18-16-14-12-10-8-6-4-2)26-48-52(45,46)49-27-29-33(42)34(43)35(51-29)38-24-23-30(39)37-36(38)44/h23-24,28-29,33-35,42-43H,3-22,25-27H2,1-2H3,(H,45,46)(H,37,39,44)/p-1/t28-,29+,33-,34?,35+/m0/s1. The fourth-order valence-electron chi connectivity index (χ4n) is 5.88. The smallest absolute Gasteiger partial charge is 0.330 e. The Morgan fingerprint density at radius 1 is 0.808 bits per heavy atom. The number of aliphatic hydroxyl groups excluding tert-OH is 2. The van der Waals surface area contributed by atoms with Crippen LogP contribution >= 0.6 is 7.82 Å². The van der Waals surface area contributed by atoms with E-state index in [1.807, 2.05) is 4.98 Å². The number of aromatic amines is 1. The lowest BCUT2D eigenvalue weighted by Crippen LogP contribution is -2.37. The molecule has 0 bridgehead atoms. The Balaban J connectivity index is 1.84. The van der Waals surface area contributed by atoms with Gasteiger partial charge in [-0.25, -0.2) is 4.79 Å². The molecule has 0 radical (unpaired) electrons. The maximum atomic E-state index is 12.6. The zero-order chi connectivity index (χ0) is 38.2. The molecule has 300 valence electrons. The third-order valence-electron chi connectivity index (χ3n) is 8.98. The van der Waals surface area contributed by atoms with Gasteiger partial charge in [-0.1, -0.05) is 117 Å². The Morgan fingerprint density at radius 2 is 1.33 bits per heavy atom. The number of aliphatic hydroxyl groups is 2. The van der Waals surface area contributed by atoms with Crippen LogP contribution in [0.1, 0.15) is 148 Å². The fourth-order valence-corrected chi connectivity index (χ4v) is 6.63. The van der Waals surface area contributed by atoms with Gasteiger partial charge in [-0.3, -0.25) is 28.5 Å². The number of carbonyl (C=O) groups excluding carboxylic acids is 2. The van der Waals surface area contributed by atoms with Crippen LogP contribution in [-0.4, -0.2) is 75.9 Å². The molecular weight excluding hydrogens is 699 g/mol. The van der Waals surface area contributed by atoms with E-state index in [9.17, 15) is 38.8 Å². The maximum absolute atomic E-state index is 12.6. The van der Waals surface area contributed by atoms with Crippen LogP contribution in [-0.2, 0) is 37.4 Å². The quantitative estimate of drug-likeness (QED) is 0.0538. The molecule has 3 N–H and O–H groups in total. The second-order valence-electron chi connectivity index (χ2n) is 13.6. The molecule has 15 nitrogen and oxygen atoms in total. The van der Waals surface area contributed by atoms with Gasteiger partial charge in [0.2, 0.25) is 0 Å². The van der Waals surface area contributed by atoms with E-state index in [4.69, 9.17) is 23.3 Å². The van der Waals surface area contributed by atoms with E-state index in [1.165, 1.54) is 57.8 Å². The van der Waals surface area contributed by atoms with E-state index in [0.717, 1.165) is 61.8 Å². The molecule has 0 amide bonds. The first kappa shape index (κ1) is 45.8. The Bertz CT molecular complexity index is 1310. The van der Waals surface area contributed by atoms with Crippen LogP contribution in [0.15, 0.2) is 21.9 Å². The van der Waals surface area contributed by atoms with Crippen molar-refractivity contribution >= 4 is 19.8 Å². The Hall–Kier alpha value is -2.39. The normalized spacial score (nSPS) is 20.4. The number of rotatable bonds is 30. The Kier molecular flexibility index (Phi) is 23.2. The molecule has 2 heterocycles. The second-order valence-corrected chi connectivity index (χ2v) is 15.0. The van der Waals surface area contributed by atoms with Crippen LogP contribution in [0.2, 0.25) is 0 Å².